The van der Waals surface area contributed by atoms with Gasteiger partial charge in [0.2, 0.25) is 0 Å². The Labute approximate surface area is 168 Å². The van der Waals surface area contributed by atoms with Crippen LogP contribution in [0.3, 0.4) is 0 Å². The summed E-state index contributed by atoms with van der Waals surface area (Å²) in [5, 5.41) is 12.2. The first-order valence-corrected chi connectivity index (χ1v) is 10.9. The number of carbonyl (C=O) groups is 2. The summed E-state index contributed by atoms with van der Waals surface area (Å²) < 4.78 is 27.9. The molecule has 2 aromatic rings. The van der Waals surface area contributed by atoms with Crippen molar-refractivity contribution >= 4 is 21.9 Å². The van der Waals surface area contributed by atoms with Gasteiger partial charge >= 0.3 is 12.1 Å². The highest BCUT2D eigenvalue weighted by Crippen LogP contribution is 2.44. The Morgan fingerprint density at radius 2 is 1.66 bits per heavy atom. The molecule has 3 rings (SSSR count). The molecule has 1 aliphatic carbocycles. The molecule has 0 spiro atoms. The second-order valence-corrected chi connectivity index (χ2v) is 8.76. The Bertz CT molecular complexity index is 1010. The largest absolute Gasteiger partial charge is 0.481 e. The van der Waals surface area contributed by atoms with Gasteiger partial charge in [0.1, 0.15) is 6.61 Å². The maximum Gasteiger partial charge on any atom is 0.407 e. The standard InChI is InChI=1S/C21H21NO6S/c1-29(26,27)11-10-14(12-20(23)24)22-21(25)28-13-19-17-8-4-2-6-15(17)16-7-3-5-9-18(16)19/h2-11,14,19H,12-13H2,1H3,(H,22,25)(H,23,24)/b11-10+/t14-/m1/s1. The fourth-order valence-electron chi connectivity index (χ4n) is 3.38. The second kappa shape index (κ2) is 8.48. The number of carboxylic acids is 1. The maximum absolute atomic E-state index is 12.2. The van der Waals surface area contributed by atoms with Crippen LogP contribution in [0.25, 0.3) is 11.1 Å². The van der Waals surface area contributed by atoms with E-state index in [1.807, 2.05) is 48.5 Å². The van der Waals surface area contributed by atoms with E-state index < -0.39 is 34.4 Å². The summed E-state index contributed by atoms with van der Waals surface area (Å²) in [7, 11) is -3.45. The number of ether oxygens (including phenoxy) is 1. The van der Waals surface area contributed by atoms with Crippen LogP contribution < -0.4 is 5.32 Å². The number of benzene rings is 2. The smallest absolute Gasteiger partial charge is 0.407 e. The van der Waals surface area contributed by atoms with Crippen LogP contribution in [0, 0.1) is 0 Å². The van der Waals surface area contributed by atoms with Crippen LogP contribution in [0.5, 0.6) is 0 Å². The molecule has 0 unspecified atom stereocenters. The van der Waals surface area contributed by atoms with Gasteiger partial charge in [0.25, 0.3) is 0 Å². The minimum atomic E-state index is -3.45. The zero-order chi connectivity index (χ0) is 21.0. The third-order valence-corrected chi connectivity index (χ3v) is 5.25. The number of aliphatic carboxylic acids is 1. The predicted octanol–water partition coefficient (Wildman–Crippen LogP) is 2.93. The Kier molecular flexibility index (Phi) is 6.03. The van der Waals surface area contributed by atoms with Crippen molar-refractivity contribution in [3.8, 4) is 11.1 Å². The summed E-state index contributed by atoms with van der Waals surface area (Å²) in [5.74, 6) is -1.30. The fourth-order valence-corrected chi connectivity index (χ4v) is 3.86. The van der Waals surface area contributed by atoms with Crippen molar-refractivity contribution in [2.75, 3.05) is 12.9 Å². The van der Waals surface area contributed by atoms with Gasteiger partial charge in [-0.1, -0.05) is 54.6 Å². The molecule has 1 aliphatic rings. The van der Waals surface area contributed by atoms with Gasteiger partial charge in [-0.15, -0.1) is 0 Å². The first-order chi connectivity index (χ1) is 13.7. The van der Waals surface area contributed by atoms with Gasteiger partial charge in [0.05, 0.1) is 12.5 Å². The van der Waals surface area contributed by atoms with E-state index in [-0.39, 0.29) is 12.5 Å². The quantitative estimate of drug-likeness (QED) is 0.720. The van der Waals surface area contributed by atoms with E-state index in [1.54, 1.807) is 0 Å². The Balaban J connectivity index is 1.70. The molecule has 0 radical (unpaired) electrons. The van der Waals surface area contributed by atoms with Crippen molar-refractivity contribution in [2.24, 2.45) is 0 Å². The van der Waals surface area contributed by atoms with Gasteiger partial charge in [0, 0.05) is 17.6 Å². The van der Waals surface area contributed by atoms with Crippen molar-refractivity contribution in [1.82, 2.24) is 5.32 Å². The number of amides is 1. The number of carboxylic acid groups (broad SMARTS) is 1. The molecule has 1 atom stereocenters. The highest BCUT2D eigenvalue weighted by atomic mass is 32.2. The van der Waals surface area contributed by atoms with Crippen molar-refractivity contribution in [3.05, 3.63) is 71.1 Å². The van der Waals surface area contributed by atoms with Gasteiger partial charge in [-0.05, 0) is 22.3 Å². The SMILES string of the molecule is CS(=O)(=O)/C=C/[C@H](CC(=O)O)NC(=O)OCC1c2ccccc2-c2ccccc21. The number of hydrogen-bond acceptors (Lipinski definition) is 5. The van der Waals surface area contributed by atoms with Gasteiger partial charge in [-0.3, -0.25) is 4.79 Å². The van der Waals surface area contributed by atoms with E-state index in [0.717, 1.165) is 40.0 Å². The lowest BCUT2D eigenvalue weighted by Gasteiger charge is -2.17. The number of nitrogens with one attached hydrogen (secondary N) is 1. The molecule has 152 valence electrons. The van der Waals surface area contributed by atoms with Crippen LogP contribution in [0.15, 0.2) is 60.0 Å². The lowest BCUT2D eigenvalue weighted by Crippen LogP contribution is -2.36. The first-order valence-electron chi connectivity index (χ1n) is 8.96. The second-order valence-electron chi connectivity index (χ2n) is 6.83. The molecule has 8 heteroatoms. The summed E-state index contributed by atoms with van der Waals surface area (Å²) in [4.78, 5) is 23.2. The average Bonchev–Trinajstić information content (AvgIpc) is 2.97. The third-order valence-electron chi connectivity index (χ3n) is 4.60. The first kappa shape index (κ1) is 20.6. The summed E-state index contributed by atoms with van der Waals surface area (Å²) in [6, 6.07) is 14.8. The Hall–Kier alpha value is -3.13. The van der Waals surface area contributed by atoms with Gasteiger partial charge in [-0.25, -0.2) is 13.2 Å². The molecule has 2 aromatic carbocycles. The highest BCUT2D eigenvalue weighted by Gasteiger charge is 2.29. The van der Waals surface area contributed by atoms with E-state index in [1.165, 1.54) is 0 Å². The maximum atomic E-state index is 12.2. The molecule has 0 saturated carbocycles. The molecule has 2 N–H and O–H groups in total. The lowest BCUT2D eigenvalue weighted by molar-refractivity contribution is -0.137. The molecule has 7 nitrogen and oxygen atoms in total. The summed E-state index contributed by atoms with van der Waals surface area (Å²) >= 11 is 0. The normalized spacial score (nSPS) is 14.2. The van der Waals surface area contributed by atoms with Crippen LogP contribution in [0.2, 0.25) is 0 Å². The van der Waals surface area contributed by atoms with Crippen LogP contribution >= 0.6 is 0 Å². The van der Waals surface area contributed by atoms with E-state index in [2.05, 4.69) is 5.32 Å². The fraction of sp³-hybridized carbons (Fsp3) is 0.238. The number of sulfone groups is 1. The number of hydrogen-bond donors (Lipinski definition) is 2. The molecule has 0 saturated heterocycles. The van der Waals surface area contributed by atoms with E-state index in [0.29, 0.717) is 0 Å². The van der Waals surface area contributed by atoms with Gasteiger partial charge in [0.15, 0.2) is 9.84 Å². The summed E-state index contributed by atoms with van der Waals surface area (Å²) in [6.07, 6.45) is 0.840. The zero-order valence-corrected chi connectivity index (χ0v) is 16.6. The minimum absolute atomic E-state index is 0.0788. The van der Waals surface area contributed by atoms with Crippen molar-refractivity contribution < 1.29 is 27.9 Å². The zero-order valence-electron chi connectivity index (χ0n) is 15.7. The molecule has 0 fully saturated rings. The molecule has 0 aromatic heterocycles. The molecule has 29 heavy (non-hydrogen) atoms. The number of fused-ring (bicyclic) bond motifs is 3. The number of alkyl carbamates (subject to hydrolysis) is 1. The molecule has 1 amide bonds. The Morgan fingerprint density at radius 1 is 1.10 bits per heavy atom. The van der Waals surface area contributed by atoms with Crippen molar-refractivity contribution in [2.45, 2.75) is 18.4 Å². The van der Waals surface area contributed by atoms with E-state index >= 15 is 0 Å². The van der Waals surface area contributed by atoms with Gasteiger partial charge in [-0.2, -0.15) is 0 Å². The van der Waals surface area contributed by atoms with Crippen LogP contribution in [-0.4, -0.2) is 44.5 Å². The van der Waals surface area contributed by atoms with Crippen LogP contribution in [0.4, 0.5) is 4.79 Å². The molecular weight excluding hydrogens is 394 g/mol. The Morgan fingerprint density at radius 3 is 2.17 bits per heavy atom. The van der Waals surface area contributed by atoms with E-state index in [4.69, 9.17) is 9.84 Å². The summed E-state index contributed by atoms with van der Waals surface area (Å²) in [6.45, 7) is 0.0788. The molecule has 0 bridgehead atoms. The molecular formula is C21H21NO6S. The monoisotopic (exact) mass is 415 g/mol. The molecule has 0 aliphatic heterocycles. The van der Waals surface area contributed by atoms with E-state index in [9.17, 15) is 18.0 Å². The van der Waals surface area contributed by atoms with Crippen LogP contribution in [0.1, 0.15) is 23.5 Å². The summed E-state index contributed by atoms with van der Waals surface area (Å²) in [5.41, 5.74) is 4.30. The van der Waals surface area contributed by atoms with Crippen LogP contribution in [-0.2, 0) is 19.4 Å². The number of rotatable bonds is 7. The number of carbonyl (C=O) groups excluding carboxylic acids is 1. The van der Waals surface area contributed by atoms with Crippen molar-refractivity contribution in [1.29, 1.82) is 0 Å². The highest BCUT2D eigenvalue weighted by molar-refractivity contribution is 7.93. The topological polar surface area (TPSA) is 110 Å². The molecule has 0 heterocycles. The lowest BCUT2D eigenvalue weighted by atomic mass is 9.98. The average molecular weight is 415 g/mol. The predicted molar refractivity (Wildman–Crippen MR) is 108 cm³/mol. The van der Waals surface area contributed by atoms with Gasteiger partial charge < -0.3 is 15.2 Å². The van der Waals surface area contributed by atoms with Crippen molar-refractivity contribution in [3.63, 3.8) is 0 Å². The third kappa shape index (κ3) is 5.23. The minimum Gasteiger partial charge on any atom is -0.481 e.